The van der Waals surface area contributed by atoms with Crippen LogP contribution in [0.2, 0.25) is 0 Å². The van der Waals surface area contributed by atoms with Gasteiger partial charge >= 0.3 is 0 Å². The number of benzene rings is 2. The Labute approximate surface area is 124 Å². The summed E-state index contributed by atoms with van der Waals surface area (Å²) in [6, 6.07) is 8.38. The molecule has 0 aliphatic carbocycles. The molecule has 0 bridgehead atoms. The monoisotopic (exact) mass is 341 g/mol. The van der Waals surface area contributed by atoms with E-state index >= 15 is 0 Å². The van der Waals surface area contributed by atoms with Crippen molar-refractivity contribution in [3.05, 3.63) is 63.6 Å². The molecule has 2 N–H and O–H groups in total. The number of ether oxygens (including phenoxy) is 1. The molecule has 0 radical (unpaired) electrons. The van der Waals surface area contributed by atoms with Crippen molar-refractivity contribution >= 4 is 15.9 Å². The third kappa shape index (κ3) is 3.35. The van der Waals surface area contributed by atoms with Crippen LogP contribution in [0.1, 0.15) is 17.2 Å². The molecule has 0 saturated heterocycles. The van der Waals surface area contributed by atoms with E-state index in [4.69, 9.17) is 10.5 Å². The van der Waals surface area contributed by atoms with Gasteiger partial charge in [-0.3, -0.25) is 0 Å². The van der Waals surface area contributed by atoms with E-state index in [2.05, 4.69) is 15.9 Å². The molecule has 0 heterocycles. The first kappa shape index (κ1) is 14.9. The molecule has 0 fully saturated rings. The molecule has 20 heavy (non-hydrogen) atoms. The predicted molar refractivity (Wildman–Crippen MR) is 77.7 cm³/mol. The minimum atomic E-state index is -0.628. The van der Waals surface area contributed by atoms with Crippen LogP contribution in [-0.2, 0) is 6.42 Å². The summed E-state index contributed by atoms with van der Waals surface area (Å²) in [5, 5.41) is 0. The van der Waals surface area contributed by atoms with Crippen LogP contribution in [0.3, 0.4) is 0 Å². The summed E-state index contributed by atoms with van der Waals surface area (Å²) in [6.07, 6.45) is 0.417. The van der Waals surface area contributed by atoms with Crippen molar-refractivity contribution in [3.8, 4) is 5.75 Å². The fourth-order valence-electron chi connectivity index (χ4n) is 1.98. The average Bonchev–Trinajstić information content (AvgIpc) is 2.41. The van der Waals surface area contributed by atoms with Gasteiger partial charge in [0.2, 0.25) is 0 Å². The molecule has 106 valence electrons. The van der Waals surface area contributed by atoms with Crippen LogP contribution in [0.15, 0.2) is 40.9 Å². The summed E-state index contributed by atoms with van der Waals surface area (Å²) >= 11 is 3.43. The molecular formula is C15H14BrF2NO. The largest absolute Gasteiger partial charge is 0.497 e. The van der Waals surface area contributed by atoms with Crippen LogP contribution >= 0.6 is 15.9 Å². The van der Waals surface area contributed by atoms with Gasteiger partial charge < -0.3 is 10.5 Å². The second-order valence-corrected chi connectivity index (χ2v) is 5.29. The summed E-state index contributed by atoms with van der Waals surface area (Å²) < 4.78 is 32.6. The van der Waals surface area contributed by atoms with Gasteiger partial charge in [-0.1, -0.05) is 22.0 Å². The molecule has 0 saturated carbocycles. The summed E-state index contributed by atoms with van der Waals surface area (Å²) in [5.74, 6) is -0.535. The Balaban J connectivity index is 2.25. The molecule has 1 atom stereocenters. The fourth-order valence-corrected chi connectivity index (χ4v) is 2.39. The van der Waals surface area contributed by atoms with Crippen LogP contribution in [0, 0.1) is 11.6 Å². The first-order chi connectivity index (χ1) is 9.51. The zero-order valence-electron chi connectivity index (χ0n) is 10.9. The SMILES string of the molecule is COc1ccc(Br)c(CC(N)c2ccc(F)cc2F)c1. The average molecular weight is 342 g/mol. The molecule has 2 aromatic carbocycles. The van der Waals surface area contributed by atoms with Gasteiger partial charge in [-0.2, -0.15) is 0 Å². The van der Waals surface area contributed by atoms with Crippen LogP contribution in [0.25, 0.3) is 0 Å². The van der Waals surface area contributed by atoms with Crippen LogP contribution in [0.4, 0.5) is 8.78 Å². The van der Waals surface area contributed by atoms with E-state index in [1.165, 1.54) is 12.1 Å². The number of rotatable bonds is 4. The Bertz CT molecular complexity index is 619. The maximum absolute atomic E-state index is 13.7. The quantitative estimate of drug-likeness (QED) is 0.912. The molecule has 0 spiro atoms. The molecule has 5 heteroatoms. The molecule has 1 unspecified atom stereocenters. The Morgan fingerprint density at radius 1 is 1.20 bits per heavy atom. The molecule has 2 nitrogen and oxygen atoms in total. The highest BCUT2D eigenvalue weighted by molar-refractivity contribution is 9.10. The van der Waals surface area contributed by atoms with Crippen molar-refractivity contribution < 1.29 is 13.5 Å². The number of hydrogen-bond acceptors (Lipinski definition) is 2. The lowest BCUT2D eigenvalue weighted by Gasteiger charge is -2.15. The normalized spacial score (nSPS) is 12.2. The van der Waals surface area contributed by atoms with Crippen molar-refractivity contribution in [3.63, 3.8) is 0 Å². The Hall–Kier alpha value is -1.46. The summed E-state index contributed by atoms with van der Waals surface area (Å²) in [6.45, 7) is 0. The van der Waals surface area contributed by atoms with Gasteiger partial charge in [-0.05, 0) is 36.2 Å². The molecular weight excluding hydrogens is 328 g/mol. The molecule has 0 aliphatic rings. The lowest BCUT2D eigenvalue weighted by atomic mass is 9.99. The zero-order chi connectivity index (χ0) is 14.7. The van der Waals surface area contributed by atoms with Gasteiger partial charge in [0.05, 0.1) is 7.11 Å². The first-order valence-corrected chi connectivity index (χ1v) is 6.83. The first-order valence-electron chi connectivity index (χ1n) is 6.04. The van der Waals surface area contributed by atoms with E-state index in [1.807, 2.05) is 18.2 Å². The number of nitrogens with two attached hydrogens (primary N) is 1. The van der Waals surface area contributed by atoms with E-state index in [9.17, 15) is 8.78 Å². The molecule has 0 aromatic heterocycles. The predicted octanol–water partition coefficient (Wildman–Crippen LogP) is 3.98. The van der Waals surface area contributed by atoms with Crippen molar-refractivity contribution in [2.24, 2.45) is 5.73 Å². The van der Waals surface area contributed by atoms with Crippen molar-refractivity contribution in [2.45, 2.75) is 12.5 Å². The molecule has 2 rings (SSSR count). The van der Waals surface area contributed by atoms with Gasteiger partial charge in [-0.25, -0.2) is 8.78 Å². The second kappa shape index (κ2) is 6.33. The number of hydrogen-bond donors (Lipinski definition) is 1. The lowest BCUT2D eigenvalue weighted by molar-refractivity contribution is 0.414. The summed E-state index contributed by atoms with van der Waals surface area (Å²) in [4.78, 5) is 0. The van der Waals surface area contributed by atoms with Gasteiger partial charge in [-0.15, -0.1) is 0 Å². The maximum Gasteiger partial charge on any atom is 0.130 e. The van der Waals surface area contributed by atoms with Gasteiger partial charge in [0, 0.05) is 22.1 Å². The zero-order valence-corrected chi connectivity index (χ0v) is 12.5. The smallest absolute Gasteiger partial charge is 0.130 e. The molecule has 0 amide bonds. The summed E-state index contributed by atoms with van der Waals surface area (Å²) in [5.41, 5.74) is 7.21. The van der Waals surface area contributed by atoms with Crippen LogP contribution in [0.5, 0.6) is 5.75 Å². The van der Waals surface area contributed by atoms with Crippen LogP contribution in [-0.4, -0.2) is 7.11 Å². The fraction of sp³-hybridized carbons (Fsp3) is 0.200. The Kier molecular flexibility index (Phi) is 4.73. The third-order valence-corrected chi connectivity index (χ3v) is 3.83. The minimum Gasteiger partial charge on any atom is -0.497 e. The Morgan fingerprint density at radius 3 is 2.60 bits per heavy atom. The highest BCUT2D eigenvalue weighted by atomic mass is 79.9. The maximum atomic E-state index is 13.7. The highest BCUT2D eigenvalue weighted by Crippen LogP contribution is 2.27. The van der Waals surface area contributed by atoms with E-state index in [1.54, 1.807) is 7.11 Å². The number of halogens is 3. The van der Waals surface area contributed by atoms with Gasteiger partial charge in [0.15, 0.2) is 0 Å². The topological polar surface area (TPSA) is 35.2 Å². The van der Waals surface area contributed by atoms with E-state index in [-0.39, 0.29) is 0 Å². The van der Waals surface area contributed by atoms with Crippen LogP contribution < -0.4 is 10.5 Å². The second-order valence-electron chi connectivity index (χ2n) is 4.43. The standard InChI is InChI=1S/C15H14BrF2NO/c1-20-11-3-5-13(16)9(6-11)7-15(19)12-4-2-10(17)8-14(12)18/h2-6,8,15H,7,19H2,1H3. The van der Waals surface area contributed by atoms with E-state index in [0.717, 1.165) is 16.1 Å². The number of methoxy groups -OCH3 is 1. The van der Waals surface area contributed by atoms with Gasteiger partial charge in [0.1, 0.15) is 17.4 Å². The van der Waals surface area contributed by atoms with Crippen molar-refractivity contribution in [1.29, 1.82) is 0 Å². The summed E-state index contributed by atoms with van der Waals surface area (Å²) in [7, 11) is 1.58. The van der Waals surface area contributed by atoms with E-state index < -0.39 is 17.7 Å². The lowest BCUT2D eigenvalue weighted by Crippen LogP contribution is -2.15. The highest BCUT2D eigenvalue weighted by Gasteiger charge is 2.14. The minimum absolute atomic E-state index is 0.293. The van der Waals surface area contributed by atoms with E-state index in [0.29, 0.717) is 17.7 Å². The Morgan fingerprint density at radius 2 is 1.95 bits per heavy atom. The third-order valence-electron chi connectivity index (χ3n) is 3.05. The van der Waals surface area contributed by atoms with Crippen molar-refractivity contribution in [2.75, 3.05) is 7.11 Å². The molecule has 2 aromatic rings. The van der Waals surface area contributed by atoms with Gasteiger partial charge in [0.25, 0.3) is 0 Å². The van der Waals surface area contributed by atoms with Crippen molar-refractivity contribution in [1.82, 2.24) is 0 Å². The molecule has 0 aliphatic heterocycles.